The summed E-state index contributed by atoms with van der Waals surface area (Å²) in [5, 5.41) is 10.7. The number of hydrogen-bond acceptors (Lipinski definition) is 2. The molecule has 0 saturated heterocycles. The van der Waals surface area contributed by atoms with Gasteiger partial charge in [-0.1, -0.05) is 46.4 Å². The molecule has 0 radical (unpaired) electrons. The summed E-state index contributed by atoms with van der Waals surface area (Å²) in [6, 6.07) is 6.54. The maximum absolute atomic E-state index is 9.14. The minimum Gasteiger partial charge on any atom is -0.390 e. The summed E-state index contributed by atoms with van der Waals surface area (Å²) in [6.45, 7) is -0.251. The molecule has 2 aromatic rings. The van der Waals surface area contributed by atoms with Crippen LogP contribution in [-0.4, -0.2) is 10.1 Å². The van der Waals surface area contributed by atoms with E-state index in [1.54, 1.807) is 24.3 Å². The van der Waals surface area contributed by atoms with Crippen molar-refractivity contribution >= 4 is 46.4 Å². The second kappa shape index (κ2) is 5.64. The van der Waals surface area contributed by atoms with E-state index >= 15 is 0 Å². The highest BCUT2D eigenvalue weighted by molar-refractivity contribution is 6.45. The zero-order valence-corrected chi connectivity index (χ0v) is 11.9. The monoisotopic (exact) mass is 321 g/mol. The van der Waals surface area contributed by atoms with Crippen LogP contribution >= 0.6 is 46.4 Å². The minimum absolute atomic E-state index is 0.251. The van der Waals surface area contributed by atoms with Crippen molar-refractivity contribution in [1.82, 2.24) is 4.98 Å². The Morgan fingerprint density at radius 2 is 1.72 bits per heavy atom. The summed E-state index contributed by atoms with van der Waals surface area (Å²) >= 11 is 23.9. The van der Waals surface area contributed by atoms with Gasteiger partial charge in [-0.25, -0.2) is 4.98 Å². The largest absolute Gasteiger partial charge is 0.390 e. The van der Waals surface area contributed by atoms with E-state index in [9.17, 15) is 0 Å². The van der Waals surface area contributed by atoms with Crippen molar-refractivity contribution in [1.29, 1.82) is 0 Å². The molecule has 0 atom stereocenters. The van der Waals surface area contributed by atoms with Gasteiger partial charge in [0.05, 0.1) is 33.1 Å². The van der Waals surface area contributed by atoms with Crippen molar-refractivity contribution in [3.05, 3.63) is 50.0 Å². The highest BCUT2D eigenvalue weighted by atomic mass is 35.5. The lowest BCUT2D eigenvalue weighted by atomic mass is 10.1. The normalized spacial score (nSPS) is 10.7. The predicted molar refractivity (Wildman–Crippen MR) is 75.6 cm³/mol. The number of nitrogens with zero attached hydrogens (tertiary/aromatic N) is 1. The summed E-state index contributed by atoms with van der Waals surface area (Å²) in [6.07, 6.45) is 0. The summed E-state index contributed by atoms with van der Waals surface area (Å²) in [5.74, 6) is 0. The highest BCUT2D eigenvalue weighted by Gasteiger charge is 2.12. The molecule has 1 N–H and O–H groups in total. The van der Waals surface area contributed by atoms with Gasteiger partial charge in [0.1, 0.15) is 0 Å². The third-order valence-corrected chi connectivity index (χ3v) is 3.70. The lowest BCUT2D eigenvalue weighted by Gasteiger charge is -2.08. The van der Waals surface area contributed by atoms with Crippen molar-refractivity contribution in [2.75, 3.05) is 0 Å². The number of hydrogen-bond donors (Lipinski definition) is 1. The quantitative estimate of drug-likeness (QED) is 0.801. The Bertz CT molecular complexity index is 601. The molecule has 1 heterocycles. The maximum atomic E-state index is 9.14. The molecule has 0 aliphatic carbocycles. The van der Waals surface area contributed by atoms with E-state index in [0.29, 0.717) is 37.0 Å². The fraction of sp³-hybridized carbons (Fsp3) is 0.0833. The molecule has 0 saturated carbocycles. The second-order valence-corrected chi connectivity index (χ2v) is 5.16. The van der Waals surface area contributed by atoms with E-state index in [1.165, 1.54) is 0 Å². The fourth-order valence-corrected chi connectivity index (χ4v) is 2.35. The van der Waals surface area contributed by atoms with Gasteiger partial charge in [0.15, 0.2) is 0 Å². The summed E-state index contributed by atoms with van der Waals surface area (Å²) in [4.78, 5) is 4.22. The van der Waals surface area contributed by atoms with E-state index in [2.05, 4.69) is 4.98 Å². The van der Waals surface area contributed by atoms with Crippen LogP contribution in [0.25, 0.3) is 11.3 Å². The van der Waals surface area contributed by atoms with E-state index in [-0.39, 0.29) is 6.61 Å². The standard InChI is InChI=1S/C12H7Cl4NO/c13-6-3-7(12(16)9(15)4-6)10-2-1-8(14)11(5-18)17-10/h1-4,18H,5H2. The van der Waals surface area contributed by atoms with Gasteiger partial charge in [-0.2, -0.15) is 0 Å². The molecule has 2 rings (SSSR count). The van der Waals surface area contributed by atoms with Crippen LogP contribution in [0.2, 0.25) is 20.1 Å². The lowest BCUT2D eigenvalue weighted by molar-refractivity contribution is 0.277. The van der Waals surface area contributed by atoms with Gasteiger partial charge >= 0.3 is 0 Å². The lowest BCUT2D eigenvalue weighted by Crippen LogP contribution is -1.94. The number of aliphatic hydroxyl groups excluding tert-OH is 1. The topological polar surface area (TPSA) is 33.1 Å². The van der Waals surface area contributed by atoms with Crippen molar-refractivity contribution in [2.45, 2.75) is 6.61 Å². The number of rotatable bonds is 2. The van der Waals surface area contributed by atoms with Crippen LogP contribution in [-0.2, 0) is 6.61 Å². The second-order valence-electron chi connectivity index (χ2n) is 3.53. The van der Waals surface area contributed by atoms with Crippen LogP contribution in [0.5, 0.6) is 0 Å². The number of pyridine rings is 1. The zero-order valence-electron chi connectivity index (χ0n) is 8.92. The Labute approximate surface area is 124 Å². The van der Waals surface area contributed by atoms with Crippen LogP contribution in [0, 0.1) is 0 Å². The first-order chi connectivity index (χ1) is 8.52. The third-order valence-electron chi connectivity index (χ3n) is 2.34. The van der Waals surface area contributed by atoms with E-state index in [4.69, 9.17) is 51.5 Å². The Morgan fingerprint density at radius 1 is 1.00 bits per heavy atom. The Kier molecular flexibility index (Phi) is 4.36. The molecule has 0 unspecified atom stereocenters. The molecule has 0 spiro atoms. The number of halogens is 4. The molecule has 18 heavy (non-hydrogen) atoms. The first kappa shape index (κ1) is 13.9. The summed E-state index contributed by atoms with van der Waals surface area (Å²) in [5.41, 5.74) is 1.53. The van der Waals surface area contributed by atoms with Gasteiger partial charge in [0.25, 0.3) is 0 Å². The molecule has 94 valence electrons. The van der Waals surface area contributed by atoms with Gasteiger partial charge in [-0.05, 0) is 24.3 Å². The van der Waals surface area contributed by atoms with Crippen LogP contribution < -0.4 is 0 Å². The first-order valence-corrected chi connectivity index (χ1v) is 6.45. The summed E-state index contributed by atoms with van der Waals surface area (Å²) in [7, 11) is 0. The fourth-order valence-electron chi connectivity index (χ4n) is 1.49. The maximum Gasteiger partial charge on any atom is 0.0868 e. The predicted octanol–water partition coefficient (Wildman–Crippen LogP) is 4.85. The minimum atomic E-state index is -0.251. The Balaban J connectivity index is 2.62. The third kappa shape index (κ3) is 2.73. The molecule has 0 aliphatic rings. The first-order valence-electron chi connectivity index (χ1n) is 4.94. The van der Waals surface area contributed by atoms with Crippen molar-refractivity contribution in [2.24, 2.45) is 0 Å². The van der Waals surface area contributed by atoms with Crippen molar-refractivity contribution in [3.63, 3.8) is 0 Å². The average Bonchev–Trinajstić information content (AvgIpc) is 2.34. The molecular formula is C12H7Cl4NO. The molecule has 0 bridgehead atoms. The molecular weight excluding hydrogens is 316 g/mol. The van der Waals surface area contributed by atoms with Gasteiger partial charge in [-0.15, -0.1) is 0 Å². The highest BCUT2D eigenvalue weighted by Crippen LogP contribution is 2.36. The molecule has 1 aromatic heterocycles. The Hall–Kier alpha value is -0.510. The smallest absolute Gasteiger partial charge is 0.0868 e. The molecule has 0 aliphatic heterocycles. The van der Waals surface area contributed by atoms with Gasteiger partial charge < -0.3 is 5.11 Å². The number of benzene rings is 1. The van der Waals surface area contributed by atoms with Crippen molar-refractivity contribution < 1.29 is 5.11 Å². The van der Waals surface area contributed by atoms with Gasteiger partial charge in [0.2, 0.25) is 0 Å². The van der Waals surface area contributed by atoms with Crippen molar-refractivity contribution in [3.8, 4) is 11.3 Å². The van der Waals surface area contributed by atoms with Crippen LogP contribution in [0.1, 0.15) is 5.69 Å². The average molecular weight is 323 g/mol. The van der Waals surface area contributed by atoms with Crippen LogP contribution in [0.3, 0.4) is 0 Å². The molecule has 0 amide bonds. The van der Waals surface area contributed by atoms with Gasteiger partial charge in [0, 0.05) is 10.6 Å². The van der Waals surface area contributed by atoms with E-state index in [0.717, 1.165) is 0 Å². The van der Waals surface area contributed by atoms with Gasteiger partial charge in [-0.3, -0.25) is 0 Å². The van der Waals surface area contributed by atoms with Crippen LogP contribution in [0.15, 0.2) is 24.3 Å². The van der Waals surface area contributed by atoms with E-state index < -0.39 is 0 Å². The number of aliphatic hydroxyl groups is 1. The zero-order chi connectivity index (χ0) is 13.3. The molecule has 0 fully saturated rings. The summed E-state index contributed by atoms with van der Waals surface area (Å²) < 4.78 is 0. The Morgan fingerprint density at radius 3 is 2.39 bits per heavy atom. The number of aromatic nitrogens is 1. The van der Waals surface area contributed by atoms with Crippen LogP contribution in [0.4, 0.5) is 0 Å². The molecule has 6 heteroatoms. The SMILES string of the molecule is OCc1nc(-c2cc(Cl)cc(Cl)c2Cl)ccc1Cl. The molecule has 1 aromatic carbocycles. The van der Waals surface area contributed by atoms with E-state index in [1.807, 2.05) is 0 Å². The molecule has 2 nitrogen and oxygen atoms in total.